The molecule has 0 heterocycles. The Hall–Kier alpha value is -0.770. The predicted molar refractivity (Wildman–Crippen MR) is 48.4 cm³/mol. The van der Waals surface area contributed by atoms with Crippen LogP contribution in [0.1, 0.15) is 32.6 Å². The molecule has 0 aromatic heterocycles. The van der Waals surface area contributed by atoms with E-state index in [1.165, 1.54) is 0 Å². The number of carbonyl (C=O) groups is 1. The Morgan fingerprint density at radius 2 is 2.08 bits per heavy atom. The predicted octanol–water partition coefficient (Wildman–Crippen LogP) is 1.04. The maximum Gasteiger partial charge on any atom is 0.407 e. The van der Waals surface area contributed by atoms with E-state index >= 15 is 0 Å². The van der Waals surface area contributed by atoms with Crippen molar-refractivity contribution in [2.75, 3.05) is 7.05 Å². The first-order valence-corrected chi connectivity index (χ1v) is 4.64. The van der Waals surface area contributed by atoms with Gasteiger partial charge in [0.15, 0.2) is 0 Å². The van der Waals surface area contributed by atoms with Gasteiger partial charge in [0.05, 0.1) is 5.60 Å². The Morgan fingerprint density at radius 1 is 1.54 bits per heavy atom. The molecule has 0 bridgehead atoms. The summed E-state index contributed by atoms with van der Waals surface area (Å²) < 4.78 is 5.07. The van der Waals surface area contributed by atoms with E-state index < -0.39 is 5.60 Å². The molecular weight excluding hydrogens is 170 g/mol. The fraction of sp³-hybridized carbons (Fsp3) is 0.889. The molecule has 1 rings (SSSR count). The van der Waals surface area contributed by atoms with Crippen LogP contribution in [0.5, 0.6) is 0 Å². The fourth-order valence-electron chi connectivity index (χ4n) is 1.54. The van der Waals surface area contributed by atoms with Gasteiger partial charge in [-0.15, -0.1) is 0 Å². The van der Waals surface area contributed by atoms with E-state index in [0.29, 0.717) is 12.8 Å². The van der Waals surface area contributed by atoms with Gasteiger partial charge in [-0.25, -0.2) is 4.79 Å². The Balaban J connectivity index is 2.29. The van der Waals surface area contributed by atoms with Gasteiger partial charge in [-0.05, 0) is 32.6 Å². The second-order valence-electron chi connectivity index (χ2n) is 3.85. The highest BCUT2D eigenvalue weighted by atomic mass is 16.6. The molecule has 0 spiro atoms. The minimum atomic E-state index is -0.567. The van der Waals surface area contributed by atoms with Gasteiger partial charge in [0.2, 0.25) is 0 Å². The standard InChI is InChI=1S/C9H17NO3/c1-9(12)5-3-7(4-6-9)13-8(11)10-2/h7,12H,3-6H2,1-2H3,(H,10,11). The Kier molecular flexibility index (Phi) is 3.14. The lowest BCUT2D eigenvalue weighted by Gasteiger charge is -2.32. The summed E-state index contributed by atoms with van der Waals surface area (Å²) >= 11 is 0. The Labute approximate surface area is 78.3 Å². The zero-order valence-electron chi connectivity index (χ0n) is 8.17. The third-order valence-electron chi connectivity index (χ3n) is 2.49. The van der Waals surface area contributed by atoms with Crippen LogP contribution in [0.15, 0.2) is 0 Å². The summed E-state index contributed by atoms with van der Waals surface area (Å²) in [5, 5.41) is 12.0. The molecule has 4 heteroatoms. The molecule has 1 aliphatic carbocycles. The molecule has 1 aliphatic rings. The zero-order valence-corrected chi connectivity index (χ0v) is 8.17. The highest BCUT2D eigenvalue weighted by molar-refractivity contribution is 5.66. The molecule has 0 aliphatic heterocycles. The third-order valence-corrected chi connectivity index (χ3v) is 2.49. The summed E-state index contributed by atoms with van der Waals surface area (Å²) in [7, 11) is 1.54. The molecular formula is C9H17NO3. The topological polar surface area (TPSA) is 58.6 Å². The number of amides is 1. The van der Waals surface area contributed by atoms with E-state index in [9.17, 15) is 9.90 Å². The summed E-state index contributed by atoms with van der Waals surface area (Å²) in [5.41, 5.74) is -0.567. The van der Waals surface area contributed by atoms with Crippen molar-refractivity contribution in [3.63, 3.8) is 0 Å². The number of nitrogens with one attached hydrogen (secondary N) is 1. The molecule has 0 unspecified atom stereocenters. The van der Waals surface area contributed by atoms with Crippen LogP contribution in [0.4, 0.5) is 4.79 Å². The van der Waals surface area contributed by atoms with Crippen LogP contribution >= 0.6 is 0 Å². The third kappa shape index (κ3) is 3.22. The lowest BCUT2D eigenvalue weighted by atomic mass is 9.85. The minimum Gasteiger partial charge on any atom is -0.446 e. The van der Waals surface area contributed by atoms with Crippen LogP contribution in [-0.4, -0.2) is 30.0 Å². The first-order valence-electron chi connectivity index (χ1n) is 4.64. The van der Waals surface area contributed by atoms with Crippen LogP contribution in [0.3, 0.4) is 0 Å². The monoisotopic (exact) mass is 187 g/mol. The lowest BCUT2D eigenvalue weighted by molar-refractivity contribution is -0.0230. The van der Waals surface area contributed by atoms with Crippen molar-refractivity contribution in [1.29, 1.82) is 0 Å². The second-order valence-corrected chi connectivity index (χ2v) is 3.85. The molecule has 13 heavy (non-hydrogen) atoms. The molecule has 1 fully saturated rings. The summed E-state index contributed by atoms with van der Waals surface area (Å²) in [6.07, 6.45) is 2.50. The molecule has 0 radical (unpaired) electrons. The van der Waals surface area contributed by atoms with E-state index in [1.807, 2.05) is 6.92 Å². The molecule has 4 nitrogen and oxygen atoms in total. The van der Waals surface area contributed by atoms with Gasteiger partial charge >= 0.3 is 6.09 Å². The van der Waals surface area contributed by atoms with Crippen molar-refractivity contribution in [3.05, 3.63) is 0 Å². The first kappa shape index (κ1) is 10.3. The molecule has 0 aromatic rings. The smallest absolute Gasteiger partial charge is 0.407 e. The number of hydrogen-bond acceptors (Lipinski definition) is 3. The molecule has 1 amide bonds. The number of aliphatic hydroxyl groups is 1. The highest BCUT2D eigenvalue weighted by Crippen LogP contribution is 2.29. The van der Waals surface area contributed by atoms with Gasteiger partial charge in [-0.3, -0.25) is 0 Å². The van der Waals surface area contributed by atoms with Crippen molar-refractivity contribution >= 4 is 6.09 Å². The van der Waals surface area contributed by atoms with Crippen molar-refractivity contribution in [1.82, 2.24) is 5.32 Å². The molecule has 1 saturated carbocycles. The molecule has 0 aromatic carbocycles. The maximum absolute atomic E-state index is 10.8. The molecule has 0 atom stereocenters. The summed E-state index contributed by atoms with van der Waals surface area (Å²) in [4.78, 5) is 10.8. The largest absolute Gasteiger partial charge is 0.446 e. The summed E-state index contributed by atoms with van der Waals surface area (Å²) in [5.74, 6) is 0. The summed E-state index contributed by atoms with van der Waals surface area (Å²) in [6.45, 7) is 1.82. The van der Waals surface area contributed by atoms with Crippen LogP contribution in [0.2, 0.25) is 0 Å². The van der Waals surface area contributed by atoms with Crippen molar-refractivity contribution in [2.45, 2.75) is 44.3 Å². The lowest BCUT2D eigenvalue weighted by Crippen LogP contribution is -2.36. The number of alkyl carbamates (subject to hydrolysis) is 1. The van der Waals surface area contributed by atoms with E-state index in [4.69, 9.17) is 4.74 Å². The van der Waals surface area contributed by atoms with Gasteiger partial charge in [0, 0.05) is 7.05 Å². The zero-order chi connectivity index (χ0) is 9.90. The van der Waals surface area contributed by atoms with Crippen LogP contribution < -0.4 is 5.32 Å². The minimum absolute atomic E-state index is 0.0276. The Bertz CT molecular complexity index is 181. The number of hydrogen-bond donors (Lipinski definition) is 2. The van der Waals surface area contributed by atoms with Gasteiger partial charge < -0.3 is 15.2 Å². The summed E-state index contributed by atoms with van der Waals surface area (Å²) in [6, 6.07) is 0. The van der Waals surface area contributed by atoms with Crippen molar-refractivity contribution < 1.29 is 14.6 Å². The van der Waals surface area contributed by atoms with Gasteiger partial charge in [-0.2, -0.15) is 0 Å². The normalized spacial score (nSPS) is 33.9. The van der Waals surface area contributed by atoms with Gasteiger partial charge in [-0.1, -0.05) is 0 Å². The quantitative estimate of drug-likeness (QED) is 0.644. The van der Waals surface area contributed by atoms with Crippen LogP contribution in [0, 0.1) is 0 Å². The van der Waals surface area contributed by atoms with E-state index in [0.717, 1.165) is 12.8 Å². The van der Waals surface area contributed by atoms with Crippen molar-refractivity contribution in [3.8, 4) is 0 Å². The number of carbonyl (C=O) groups excluding carboxylic acids is 1. The van der Waals surface area contributed by atoms with Crippen LogP contribution in [-0.2, 0) is 4.74 Å². The number of ether oxygens (including phenoxy) is 1. The SMILES string of the molecule is CNC(=O)OC1CCC(C)(O)CC1. The molecule has 76 valence electrons. The average Bonchev–Trinajstić information content (AvgIpc) is 2.08. The molecule has 0 saturated heterocycles. The van der Waals surface area contributed by atoms with E-state index in [-0.39, 0.29) is 12.2 Å². The van der Waals surface area contributed by atoms with E-state index in [2.05, 4.69) is 5.32 Å². The fourth-order valence-corrected chi connectivity index (χ4v) is 1.54. The van der Waals surface area contributed by atoms with Gasteiger partial charge in [0.25, 0.3) is 0 Å². The maximum atomic E-state index is 10.8. The van der Waals surface area contributed by atoms with Crippen molar-refractivity contribution in [2.24, 2.45) is 0 Å². The number of rotatable bonds is 1. The highest BCUT2D eigenvalue weighted by Gasteiger charge is 2.30. The second kappa shape index (κ2) is 3.96. The molecule has 2 N–H and O–H groups in total. The van der Waals surface area contributed by atoms with Gasteiger partial charge in [0.1, 0.15) is 6.10 Å². The van der Waals surface area contributed by atoms with E-state index in [1.54, 1.807) is 7.05 Å². The Morgan fingerprint density at radius 3 is 2.54 bits per heavy atom. The van der Waals surface area contributed by atoms with Crippen LogP contribution in [0.25, 0.3) is 0 Å². The average molecular weight is 187 g/mol. The first-order chi connectivity index (χ1) is 6.03.